The Morgan fingerprint density at radius 2 is 1.80 bits per heavy atom. The first-order valence-corrected chi connectivity index (χ1v) is 7.15. The summed E-state index contributed by atoms with van der Waals surface area (Å²) in [6.07, 6.45) is 8.45. The van der Waals surface area contributed by atoms with Crippen LogP contribution in [0.2, 0.25) is 0 Å². The van der Waals surface area contributed by atoms with Crippen molar-refractivity contribution in [1.82, 2.24) is 9.97 Å². The fourth-order valence-electron chi connectivity index (χ4n) is 1.97. The molecule has 2 rings (SSSR count). The lowest BCUT2D eigenvalue weighted by Crippen LogP contribution is -2.03. The average Bonchev–Trinajstić information content (AvgIpc) is 2.49. The van der Waals surface area contributed by atoms with E-state index in [9.17, 15) is 5.11 Å². The van der Waals surface area contributed by atoms with E-state index in [-0.39, 0.29) is 5.75 Å². The first kappa shape index (κ1) is 14.3. The van der Waals surface area contributed by atoms with Gasteiger partial charge in [-0.25, -0.2) is 4.98 Å². The molecule has 20 heavy (non-hydrogen) atoms. The average molecular weight is 271 g/mol. The van der Waals surface area contributed by atoms with Crippen molar-refractivity contribution in [1.29, 1.82) is 0 Å². The maximum absolute atomic E-state index is 9.26. The van der Waals surface area contributed by atoms with Gasteiger partial charge in [-0.1, -0.05) is 26.2 Å². The van der Waals surface area contributed by atoms with Gasteiger partial charge in [-0.3, -0.25) is 4.98 Å². The van der Waals surface area contributed by atoms with Gasteiger partial charge in [-0.15, -0.1) is 0 Å². The lowest BCUT2D eigenvalue weighted by molar-refractivity contribution is 0.475. The van der Waals surface area contributed by atoms with Crippen LogP contribution in [0.4, 0.5) is 5.82 Å². The van der Waals surface area contributed by atoms with Crippen LogP contribution in [0, 0.1) is 0 Å². The molecule has 1 heterocycles. The zero-order chi connectivity index (χ0) is 14.2. The summed E-state index contributed by atoms with van der Waals surface area (Å²) < 4.78 is 0. The first-order valence-electron chi connectivity index (χ1n) is 7.15. The summed E-state index contributed by atoms with van der Waals surface area (Å²) in [5.41, 5.74) is 1.76. The van der Waals surface area contributed by atoms with Crippen LogP contribution in [0.5, 0.6) is 5.75 Å². The first-order chi connectivity index (χ1) is 9.79. The third-order valence-electron chi connectivity index (χ3n) is 3.15. The molecule has 0 bridgehead atoms. The summed E-state index contributed by atoms with van der Waals surface area (Å²) in [5.74, 6) is 1.07. The maximum Gasteiger partial charge on any atom is 0.144 e. The Morgan fingerprint density at radius 1 is 1.00 bits per heavy atom. The van der Waals surface area contributed by atoms with Gasteiger partial charge in [0.05, 0.1) is 18.1 Å². The zero-order valence-corrected chi connectivity index (χ0v) is 11.8. The Bertz CT molecular complexity index is 508. The predicted molar refractivity (Wildman–Crippen MR) is 81.8 cm³/mol. The number of unbranched alkanes of at least 4 members (excludes halogenated alkanes) is 3. The summed E-state index contributed by atoms with van der Waals surface area (Å²) in [5, 5.41) is 12.5. The van der Waals surface area contributed by atoms with E-state index < -0.39 is 0 Å². The van der Waals surface area contributed by atoms with E-state index in [1.807, 2.05) is 12.1 Å². The van der Waals surface area contributed by atoms with E-state index in [1.165, 1.54) is 19.3 Å². The Balaban J connectivity index is 1.88. The summed E-state index contributed by atoms with van der Waals surface area (Å²) >= 11 is 0. The highest BCUT2D eigenvalue weighted by Crippen LogP contribution is 2.19. The Labute approximate surface area is 119 Å². The minimum absolute atomic E-state index is 0.257. The fourth-order valence-corrected chi connectivity index (χ4v) is 1.97. The van der Waals surface area contributed by atoms with E-state index >= 15 is 0 Å². The molecule has 0 saturated heterocycles. The molecule has 1 aromatic carbocycles. The van der Waals surface area contributed by atoms with Crippen LogP contribution in [-0.4, -0.2) is 21.6 Å². The normalized spacial score (nSPS) is 10.4. The fraction of sp³-hybridized carbons (Fsp3) is 0.375. The summed E-state index contributed by atoms with van der Waals surface area (Å²) in [4.78, 5) is 8.75. The molecule has 4 nitrogen and oxygen atoms in total. The molecular weight excluding hydrogens is 250 g/mol. The number of rotatable bonds is 7. The Kier molecular flexibility index (Phi) is 5.35. The van der Waals surface area contributed by atoms with Crippen LogP contribution in [0.15, 0.2) is 36.7 Å². The second-order valence-corrected chi connectivity index (χ2v) is 4.82. The van der Waals surface area contributed by atoms with E-state index in [0.29, 0.717) is 0 Å². The van der Waals surface area contributed by atoms with Crippen LogP contribution in [0.1, 0.15) is 32.6 Å². The number of nitrogens with one attached hydrogen (secondary N) is 1. The van der Waals surface area contributed by atoms with Gasteiger partial charge in [0.1, 0.15) is 11.6 Å². The zero-order valence-electron chi connectivity index (χ0n) is 11.8. The lowest BCUT2D eigenvalue weighted by Gasteiger charge is -2.06. The number of phenols is 1. The third-order valence-corrected chi connectivity index (χ3v) is 3.15. The number of hydrogen-bond donors (Lipinski definition) is 2. The van der Waals surface area contributed by atoms with Crippen molar-refractivity contribution in [2.75, 3.05) is 11.9 Å². The molecular formula is C16H21N3O. The minimum Gasteiger partial charge on any atom is -0.508 e. The maximum atomic E-state index is 9.26. The van der Waals surface area contributed by atoms with Crippen LogP contribution in [0.3, 0.4) is 0 Å². The second kappa shape index (κ2) is 7.48. The molecule has 0 fully saturated rings. The van der Waals surface area contributed by atoms with Gasteiger partial charge in [0.2, 0.25) is 0 Å². The molecule has 0 saturated carbocycles. The standard InChI is InChI=1S/C16H21N3O/c1-2-3-4-5-10-17-16-12-18-15(11-19-16)13-6-8-14(20)9-7-13/h6-9,11-12,20H,2-5,10H2,1H3,(H,17,19). The molecule has 0 aliphatic rings. The van der Waals surface area contributed by atoms with Crippen LogP contribution < -0.4 is 5.32 Å². The number of phenolic OH excluding ortho intramolecular Hbond substituents is 1. The van der Waals surface area contributed by atoms with Crippen LogP contribution in [-0.2, 0) is 0 Å². The van der Waals surface area contributed by atoms with E-state index in [4.69, 9.17) is 0 Å². The SMILES string of the molecule is CCCCCCNc1cnc(-c2ccc(O)cc2)cn1. The van der Waals surface area contributed by atoms with E-state index in [2.05, 4.69) is 22.2 Å². The van der Waals surface area contributed by atoms with Gasteiger partial charge in [0, 0.05) is 12.1 Å². The topological polar surface area (TPSA) is 58.0 Å². The smallest absolute Gasteiger partial charge is 0.144 e. The molecule has 0 radical (unpaired) electrons. The summed E-state index contributed by atoms with van der Waals surface area (Å²) in [6, 6.07) is 6.96. The molecule has 4 heteroatoms. The highest BCUT2D eigenvalue weighted by Gasteiger charge is 2.01. The number of aromatic nitrogens is 2. The predicted octanol–water partition coefficient (Wildman–Crippen LogP) is 3.84. The van der Waals surface area contributed by atoms with Gasteiger partial charge in [0.15, 0.2) is 0 Å². The van der Waals surface area contributed by atoms with E-state index in [0.717, 1.165) is 30.0 Å². The molecule has 1 aromatic heterocycles. The lowest BCUT2D eigenvalue weighted by atomic mass is 10.1. The van der Waals surface area contributed by atoms with Crippen molar-refractivity contribution in [3.63, 3.8) is 0 Å². The van der Waals surface area contributed by atoms with Gasteiger partial charge < -0.3 is 10.4 Å². The molecule has 106 valence electrons. The highest BCUT2D eigenvalue weighted by atomic mass is 16.3. The van der Waals surface area contributed by atoms with Crippen LogP contribution >= 0.6 is 0 Å². The van der Waals surface area contributed by atoms with E-state index in [1.54, 1.807) is 24.5 Å². The molecule has 0 atom stereocenters. The minimum atomic E-state index is 0.257. The number of hydrogen-bond acceptors (Lipinski definition) is 4. The molecule has 0 spiro atoms. The van der Waals surface area contributed by atoms with Crippen molar-refractivity contribution in [3.05, 3.63) is 36.7 Å². The monoisotopic (exact) mass is 271 g/mol. The van der Waals surface area contributed by atoms with Crippen LogP contribution in [0.25, 0.3) is 11.3 Å². The molecule has 0 amide bonds. The molecule has 0 aliphatic carbocycles. The third kappa shape index (κ3) is 4.23. The number of benzene rings is 1. The number of nitrogens with zero attached hydrogens (tertiary/aromatic N) is 2. The second-order valence-electron chi connectivity index (χ2n) is 4.82. The Hall–Kier alpha value is -2.10. The number of anilines is 1. The molecule has 0 unspecified atom stereocenters. The highest BCUT2D eigenvalue weighted by molar-refractivity contribution is 5.59. The summed E-state index contributed by atoms with van der Waals surface area (Å²) in [7, 11) is 0. The van der Waals surface area contributed by atoms with Crippen molar-refractivity contribution in [2.45, 2.75) is 32.6 Å². The van der Waals surface area contributed by atoms with Crippen molar-refractivity contribution < 1.29 is 5.11 Å². The van der Waals surface area contributed by atoms with Crippen molar-refractivity contribution >= 4 is 5.82 Å². The molecule has 2 aromatic rings. The van der Waals surface area contributed by atoms with Gasteiger partial charge in [-0.05, 0) is 30.7 Å². The van der Waals surface area contributed by atoms with Crippen molar-refractivity contribution in [3.8, 4) is 17.0 Å². The number of aromatic hydroxyl groups is 1. The largest absolute Gasteiger partial charge is 0.508 e. The molecule has 2 N–H and O–H groups in total. The Morgan fingerprint density at radius 3 is 2.45 bits per heavy atom. The van der Waals surface area contributed by atoms with Gasteiger partial charge in [-0.2, -0.15) is 0 Å². The van der Waals surface area contributed by atoms with Gasteiger partial charge in [0.25, 0.3) is 0 Å². The van der Waals surface area contributed by atoms with Gasteiger partial charge >= 0.3 is 0 Å². The molecule has 0 aliphatic heterocycles. The summed E-state index contributed by atoms with van der Waals surface area (Å²) in [6.45, 7) is 3.15. The van der Waals surface area contributed by atoms with Crippen molar-refractivity contribution in [2.24, 2.45) is 0 Å². The quantitative estimate of drug-likeness (QED) is 0.751.